The largest absolute Gasteiger partial charge is 0.460 e. The maximum atomic E-state index is 5.71. The van der Waals surface area contributed by atoms with Gasteiger partial charge in [0.2, 0.25) is 0 Å². The zero-order valence-electron chi connectivity index (χ0n) is 11.8. The van der Waals surface area contributed by atoms with Gasteiger partial charge in [-0.1, -0.05) is 18.2 Å². The smallest absolute Gasteiger partial charge is 0.416 e. The van der Waals surface area contributed by atoms with Crippen LogP contribution in [0.2, 0.25) is 0 Å². The topological polar surface area (TPSA) is 46.2 Å². The van der Waals surface area contributed by atoms with Crippen LogP contribution in [0.5, 0.6) is 5.75 Å². The van der Waals surface area contributed by atoms with E-state index in [0.29, 0.717) is 32.2 Å². The lowest BCUT2D eigenvalue weighted by Crippen LogP contribution is -2.46. The van der Waals surface area contributed by atoms with Crippen molar-refractivity contribution in [3.63, 3.8) is 0 Å². The van der Waals surface area contributed by atoms with Crippen molar-refractivity contribution in [1.29, 1.82) is 0 Å². The van der Waals surface area contributed by atoms with Gasteiger partial charge >= 0.3 is 6.16 Å². The molecular formula is C14H22O5. The Labute approximate surface area is 114 Å². The van der Waals surface area contributed by atoms with Crippen molar-refractivity contribution in [2.24, 2.45) is 0 Å². The summed E-state index contributed by atoms with van der Waals surface area (Å²) in [6.07, 6.45) is -1.52. The van der Waals surface area contributed by atoms with Gasteiger partial charge in [0.25, 0.3) is 0 Å². The summed E-state index contributed by atoms with van der Waals surface area (Å²) in [7, 11) is 1.60. The third kappa shape index (κ3) is 5.57. The van der Waals surface area contributed by atoms with Gasteiger partial charge in [-0.3, -0.25) is 14.2 Å². The van der Waals surface area contributed by atoms with Crippen LogP contribution >= 0.6 is 0 Å². The van der Waals surface area contributed by atoms with E-state index >= 15 is 0 Å². The summed E-state index contributed by atoms with van der Waals surface area (Å²) >= 11 is 0. The Morgan fingerprint density at radius 2 is 1.53 bits per heavy atom. The van der Waals surface area contributed by atoms with Crippen LogP contribution in [0.25, 0.3) is 0 Å². The first-order valence-electron chi connectivity index (χ1n) is 6.41. The zero-order valence-corrected chi connectivity index (χ0v) is 11.8. The Morgan fingerprint density at radius 3 is 2.05 bits per heavy atom. The van der Waals surface area contributed by atoms with Crippen LogP contribution in [0.1, 0.15) is 13.8 Å². The summed E-state index contributed by atoms with van der Waals surface area (Å²) in [5.41, 5.74) is 0. The minimum atomic E-state index is -1.52. The Kier molecular flexibility index (Phi) is 7.43. The predicted molar refractivity (Wildman–Crippen MR) is 70.9 cm³/mol. The molecule has 0 amide bonds. The van der Waals surface area contributed by atoms with Crippen molar-refractivity contribution in [2.75, 3.05) is 33.5 Å². The molecule has 0 aliphatic rings. The van der Waals surface area contributed by atoms with Crippen LogP contribution in [-0.2, 0) is 18.9 Å². The van der Waals surface area contributed by atoms with Crippen molar-refractivity contribution < 1.29 is 23.7 Å². The molecule has 0 radical (unpaired) electrons. The van der Waals surface area contributed by atoms with Crippen molar-refractivity contribution in [2.45, 2.75) is 20.0 Å². The minimum absolute atomic E-state index is 0.309. The molecule has 108 valence electrons. The maximum Gasteiger partial charge on any atom is 0.460 e. The van der Waals surface area contributed by atoms with Crippen molar-refractivity contribution >= 4 is 0 Å². The first-order valence-corrected chi connectivity index (χ1v) is 6.41. The van der Waals surface area contributed by atoms with E-state index in [2.05, 4.69) is 0 Å². The standard InChI is InChI=1S/C14H22O5/c1-4-16-14(17-5-2,18-12-11-15-3)19-13-9-7-6-8-10-13/h6-10H,4-5,11-12H2,1-3H3. The monoisotopic (exact) mass is 270 g/mol. The number of hydrogen-bond donors (Lipinski definition) is 0. The van der Waals surface area contributed by atoms with Crippen molar-refractivity contribution in [1.82, 2.24) is 0 Å². The number of rotatable bonds is 10. The van der Waals surface area contributed by atoms with Gasteiger partial charge in [-0.2, -0.15) is 0 Å². The second-order valence-corrected chi connectivity index (χ2v) is 3.62. The quantitative estimate of drug-likeness (QED) is 0.482. The number of benzene rings is 1. The fourth-order valence-electron chi connectivity index (χ4n) is 1.45. The predicted octanol–water partition coefficient (Wildman–Crippen LogP) is 2.41. The first-order chi connectivity index (χ1) is 9.26. The zero-order chi connectivity index (χ0) is 14.0. The third-order valence-electron chi connectivity index (χ3n) is 2.19. The van der Waals surface area contributed by atoms with E-state index in [4.69, 9.17) is 23.7 Å². The normalized spacial score (nSPS) is 11.5. The van der Waals surface area contributed by atoms with Gasteiger partial charge in [0.05, 0.1) is 26.4 Å². The highest BCUT2D eigenvalue weighted by Crippen LogP contribution is 2.22. The third-order valence-corrected chi connectivity index (χ3v) is 2.19. The molecular weight excluding hydrogens is 248 g/mol. The molecule has 0 fully saturated rings. The van der Waals surface area contributed by atoms with E-state index in [1.165, 1.54) is 0 Å². The highest BCUT2D eigenvalue weighted by molar-refractivity contribution is 5.21. The molecule has 0 aromatic heterocycles. The van der Waals surface area contributed by atoms with Gasteiger partial charge in [-0.25, -0.2) is 0 Å². The summed E-state index contributed by atoms with van der Waals surface area (Å²) in [6.45, 7) is 5.24. The fraction of sp³-hybridized carbons (Fsp3) is 0.571. The molecule has 0 saturated carbocycles. The van der Waals surface area contributed by atoms with Crippen molar-refractivity contribution in [3.05, 3.63) is 30.3 Å². The van der Waals surface area contributed by atoms with Crippen LogP contribution in [0.15, 0.2) is 30.3 Å². The molecule has 0 N–H and O–H groups in total. The van der Waals surface area contributed by atoms with E-state index in [9.17, 15) is 0 Å². The molecule has 19 heavy (non-hydrogen) atoms. The summed E-state index contributed by atoms with van der Waals surface area (Å²) in [5.74, 6) is 0.613. The molecule has 0 spiro atoms. The van der Waals surface area contributed by atoms with E-state index in [1.807, 2.05) is 44.2 Å². The van der Waals surface area contributed by atoms with Gasteiger partial charge in [-0.15, -0.1) is 0 Å². The minimum Gasteiger partial charge on any atom is -0.416 e. The Bertz CT molecular complexity index is 322. The van der Waals surface area contributed by atoms with Gasteiger partial charge < -0.3 is 9.47 Å². The van der Waals surface area contributed by atoms with Gasteiger partial charge in [0.15, 0.2) is 0 Å². The van der Waals surface area contributed by atoms with E-state index in [0.717, 1.165) is 0 Å². The van der Waals surface area contributed by atoms with E-state index in [-0.39, 0.29) is 0 Å². The van der Waals surface area contributed by atoms with Crippen LogP contribution in [0, 0.1) is 0 Å². The molecule has 0 aliphatic heterocycles. The SMILES string of the molecule is CCOC(OCC)(OCCOC)Oc1ccccc1. The van der Waals surface area contributed by atoms with Gasteiger partial charge in [0, 0.05) is 7.11 Å². The maximum absolute atomic E-state index is 5.71. The molecule has 0 atom stereocenters. The fourth-order valence-corrected chi connectivity index (χ4v) is 1.45. The van der Waals surface area contributed by atoms with Crippen LogP contribution in [0.3, 0.4) is 0 Å². The molecule has 5 nitrogen and oxygen atoms in total. The summed E-state index contributed by atoms with van der Waals surface area (Å²) in [6, 6.07) is 9.26. The Morgan fingerprint density at radius 1 is 0.895 bits per heavy atom. The molecule has 0 aliphatic carbocycles. The second-order valence-electron chi connectivity index (χ2n) is 3.62. The second kappa shape index (κ2) is 8.87. The highest BCUT2D eigenvalue weighted by atomic mass is 17.0. The molecule has 0 heterocycles. The van der Waals surface area contributed by atoms with Gasteiger partial charge in [0.1, 0.15) is 5.75 Å². The summed E-state index contributed by atoms with van der Waals surface area (Å²) in [5, 5.41) is 0. The molecule has 0 bridgehead atoms. The lowest BCUT2D eigenvalue weighted by molar-refractivity contribution is -0.469. The highest BCUT2D eigenvalue weighted by Gasteiger charge is 2.36. The molecule has 1 rings (SSSR count). The van der Waals surface area contributed by atoms with Crippen molar-refractivity contribution in [3.8, 4) is 5.75 Å². The van der Waals surface area contributed by atoms with Crippen LogP contribution < -0.4 is 4.74 Å². The Hall–Kier alpha value is -1.14. The lowest BCUT2D eigenvalue weighted by atomic mass is 10.3. The Balaban J connectivity index is 2.75. The average molecular weight is 270 g/mol. The number of methoxy groups -OCH3 is 1. The van der Waals surface area contributed by atoms with Crippen LogP contribution in [0.4, 0.5) is 0 Å². The van der Waals surface area contributed by atoms with E-state index in [1.54, 1.807) is 7.11 Å². The number of hydrogen-bond acceptors (Lipinski definition) is 5. The summed E-state index contributed by atoms with van der Waals surface area (Å²) in [4.78, 5) is 0. The summed E-state index contributed by atoms with van der Waals surface area (Å²) < 4.78 is 27.2. The van der Waals surface area contributed by atoms with Gasteiger partial charge in [-0.05, 0) is 26.0 Å². The number of para-hydroxylation sites is 1. The molecule has 1 aromatic rings. The average Bonchev–Trinajstić information content (AvgIpc) is 2.41. The van der Waals surface area contributed by atoms with Crippen LogP contribution in [-0.4, -0.2) is 39.7 Å². The number of ether oxygens (including phenoxy) is 5. The van der Waals surface area contributed by atoms with E-state index < -0.39 is 6.16 Å². The molecule has 1 aromatic carbocycles. The molecule has 0 saturated heterocycles. The first kappa shape index (κ1) is 15.9. The molecule has 0 unspecified atom stereocenters. The molecule has 5 heteroatoms. The lowest BCUT2D eigenvalue weighted by Gasteiger charge is -2.31.